The molecule has 0 aliphatic carbocycles. The fourth-order valence-electron chi connectivity index (χ4n) is 2.72. The first kappa shape index (κ1) is 17.9. The Balaban J connectivity index is 0.00000192. The highest BCUT2D eigenvalue weighted by Gasteiger charge is 2.26. The van der Waals surface area contributed by atoms with Gasteiger partial charge in [-0.15, -0.1) is 17.5 Å². The van der Waals surface area contributed by atoms with Crippen LogP contribution in [-0.2, 0) is 0 Å². The van der Waals surface area contributed by atoms with Crippen molar-refractivity contribution in [3.8, 4) is 5.69 Å². The lowest BCUT2D eigenvalue weighted by atomic mass is 10.1. The maximum absolute atomic E-state index is 12.6. The quantitative estimate of drug-likeness (QED) is 0.839. The summed E-state index contributed by atoms with van der Waals surface area (Å²) in [5, 5.41) is 8.22. The maximum atomic E-state index is 12.6. The predicted octanol–water partition coefficient (Wildman–Crippen LogP) is 2.32. The van der Waals surface area contributed by atoms with E-state index in [9.17, 15) is 4.79 Å². The Morgan fingerprint density at radius 3 is 2.91 bits per heavy atom. The van der Waals surface area contributed by atoms with Crippen LogP contribution in [0.4, 0.5) is 0 Å². The summed E-state index contributed by atoms with van der Waals surface area (Å²) < 4.78 is 2.64. The van der Waals surface area contributed by atoms with Crippen molar-refractivity contribution >= 4 is 34.2 Å². The van der Waals surface area contributed by atoms with E-state index in [4.69, 9.17) is 5.73 Å². The number of carbonyl (C=O) groups excluding carboxylic acids is 1. The molecule has 2 aromatic rings. The van der Waals surface area contributed by atoms with Gasteiger partial charge in [-0.3, -0.25) is 4.79 Å². The molecule has 1 aliphatic heterocycles. The zero-order valence-electron chi connectivity index (χ0n) is 12.8. The minimum atomic E-state index is -0.0890. The fraction of sp³-hybridized carbons (Fsp3) is 0.400. The first-order chi connectivity index (χ1) is 10.6. The van der Waals surface area contributed by atoms with Crippen molar-refractivity contribution in [1.82, 2.24) is 19.9 Å². The molecule has 0 radical (unpaired) electrons. The highest BCUT2D eigenvalue weighted by molar-refractivity contribution is 9.10. The number of carbonyl (C=O) groups is 1. The molecular formula is C15H19BrClN5O. The zero-order chi connectivity index (χ0) is 15.7. The summed E-state index contributed by atoms with van der Waals surface area (Å²) in [5.74, 6) is -0.0890. The first-order valence-corrected chi connectivity index (χ1v) is 8.08. The number of amides is 1. The molecule has 0 spiro atoms. The van der Waals surface area contributed by atoms with Crippen LogP contribution < -0.4 is 5.73 Å². The lowest BCUT2D eigenvalue weighted by Gasteiger charge is -2.30. The minimum Gasteiger partial charge on any atom is -0.336 e. The van der Waals surface area contributed by atoms with E-state index in [2.05, 4.69) is 26.2 Å². The SMILES string of the molecule is Cc1c(C(=O)N2CCCC(N)C2)nnn1-c1cccc(Br)c1.Cl. The summed E-state index contributed by atoms with van der Waals surface area (Å²) in [6.45, 7) is 3.18. The van der Waals surface area contributed by atoms with Gasteiger partial charge >= 0.3 is 0 Å². The van der Waals surface area contributed by atoms with Gasteiger partial charge in [-0.05, 0) is 38.0 Å². The molecule has 1 amide bonds. The number of piperidine rings is 1. The Kier molecular flexibility index (Phi) is 5.78. The van der Waals surface area contributed by atoms with Gasteiger partial charge in [-0.1, -0.05) is 27.2 Å². The third-order valence-electron chi connectivity index (χ3n) is 3.89. The largest absolute Gasteiger partial charge is 0.336 e. The second kappa shape index (κ2) is 7.42. The Hall–Kier alpha value is -1.44. The van der Waals surface area contributed by atoms with Crippen LogP contribution in [-0.4, -0.2) is 44.9 Å². The number of aromatic nitrogens is 3. The Morgan fingerprint density at radius 1 is 1.43 bits per heavy atom. The van der Waals surface area contributed by atoms with Gasteiger partial charge in [0.25, 0.3) is 5.91 Å². The van der Waals surface area contributed by atoms with Crippen molar-refractivity contribution in [1.29, 1.82) is 0 Å². The molecule has 124 valence electrons. The van der Waals surface area contributed by atoms with E-state index in [0.29, 0.717) is 12.2 Å². The molecule has 0 bridgehead atoms. The van der Waals surface area contributed by atoms with Gasteiger partial charge in [-0.2, -0.15) is 0 Å². The summed E-state index contributed by atoms with van der Waals surface area (Å²) in [5.41, 5.74) is 7.96. The van der Waals surface area contributed by atoms with Crippen molar-refractivity contribution < 1.29 is 4.79 Å². The molecule has 1 saturated heterocycles. The van der Waals surface area contributed by atoms with Gasteiger partial charge < -0.3 is 10.6 Å². The Morgan fingerprint density at radius 2 is 2.22 bits per heavy atom. The van der Waals surface area contributed by atoms with Gasteiger partial charge in [0, 0.05) is 23.6 Å². The fourth-order valence-corrected chi connectivity index (χ4v) is 3.11. The molecule has 1 aromatic heterocycles. The molecule has 1 atom stereocenters. The number of benzene rings is 1. The van der Waals surface area contributed by atoms with E-state index >= 15 is 0 Å². The Labute approximate surface area is 149 Å². The molecule has 1 fully saturated rings. The minimum absolute atomic E-state index is 0. The molecule has 0 saturated carbocycles. The van der Waals surface area contributed by atoms with Gasteiger partial charge in [-0.25, -0.2) is 4.68 Å². The predicted molar refractivity (Wildman–Crippen MR) is 94.2 cm³/mol. The summed E-state index contributed by atoms with van der Waals surface area (Å²) in [6.07, 6.45) is 1.90. The summed E-state index contributed by atoms with van der Waals surface area (Å²) in [6, 6.07) is 7.78. The second-order valence-corrected chi connectivity index (χ2v) is 6.48. The number of nitrogens with zero attached hydrogens (tertiary/aromatic N) is 4. The van der Waals surface area contributed by atoms with Gasteiger partial charge in [0.05, 0.1) is 11.4 Å². The molecule has 1 aromatic carbocycles. The van der Waals surface area contributed by atoms with Crippen LogP contribution in [0.15, 0.2) is 28.7 Å². The molecule has 2 heterocycles. The summed E-state index contributed by atoms with van der Waals surface area (Å²) >= 11 is 3.44. The first-order valence-electron chi connectivity index (χ1n) is 7.29. The number of rotatable bonds is 2. The molecule has 1 unspecified atom stereocenters. The van der Waals surface area contributed by atoms with Crippen LogP contribution in [0.5, 0.6) is 0 Å². The van der Waals surface area contributed by atoms with Crippen LogP contribution in [0.1, 0.15) is 29.0 Å². The zero-order valence-corrected chi connectivity index (χ0v) is 15.2. The average molecular weight is 401 g/mol. The molecule has 6 nitrogen and oxygen atoms in total. The monoisotopic (exact) mass is 399 g/mol. The standard InChI is InChI=1S/C15H18BrN5O.ClH/c1-10-14(15(22)20-7-3-5-12(17)9-20)18-19-21(10)13-6-2-4-11(16)8-13;/h2,4,6,8,12H,3,5,7,9,17H2,1H3;1H. The normalized spacial score (nSPS) is 17.7. The summed E-state index contributed by atoms with van der Waals surface area (Å²) in [4.78, 5) is 14.4. The van der Waals surface area contributed by atoms with Crippen LogP contribution in [0.2, 0.25) is 0 Å². The van der Waals surface area contributed by atoms with Gasteiger partial charge in [0.1, 0.15) is 0 Å². The molecule has 1 aliphatic rings. The molecule has 8 heteroatoms. The molecule has 2 N–H and O–H groups in total. The lowest BCUT2D eigenvalue weighted by molar-refractivity contribution is 0.0702. The molecule has 3 rings (SSSR count). The van der Waals surface area contributed by atoms with E-state index < -0.39 is 0 Å². The number of nitrogens with two attached hydrogens (primary N) is 1. The van der Waals surface area contributed by atoms with Crippen molar-refractivity contribution in [2.75, 3.05) is 13.1 Å². The number of halogens is 2. The van der Waals surface area contributed by atoms with Crippen LogP contribution in [0.3, 0.4) is 0 Å². The summed E-state index contributed by atoms with van der Waals surface area (Å²) in [7, 11) is 0. The van der Waals surface area contributed by atoms with Crippen molar-refractivity contribution in [2.45, 2.75) is 25.8 Å². The third kappa shape index (κ3) is 3.73. The topological polar surface area (TPSA) is 77.0 Å². The Bertz CT molecular complexity index is 705. The average Bonchev–Trinajstić information content (AvgIpc) is 2.88. The highest BCUT2D eigenvalue weighted by Crippen LogP contribution is 2.19. The second-order valence-electron chi connectivity index (χ2n) is 5.57. The smallest absolute Gasteiger partial charge is 0.276 e. The number of likely N-dealkylation sites (tertiary alicyclic amines) is 1. The van der Waals surface area contributed by atoms with E-state index in [1.165, 1.54) is 0 Å². The van der Waals surface area contributed by atoms with E-state index in [1.54, 1.807) is 9.58 Å². The van der Waals surface area contributed by atoms with Crippen molar-refractivity contribution in [2.24, 2.45) is 5.73 Å². The molecular weight excluding hydrogens is 382 g/mol. The van der Waals surface area contributed by atoms with Crippen molar-refractivity contribution in [3.05, 3.63) is 40.1 Å². The number of hydrogen-bond donors (Lipinski definition) is 1. The number of hydrogen-bond acceptors (Lipinski definition) is 4. The lowest BCUT2D eigenvalue weighted by Crippen LogP contribution is -2.46. The molecule has 23 heavy (non-hydrogen) atoms. The van der Waals surface area contributed by atoms with E-state index in [0.717, 1.165) is 35.2 Å². The van der Waals surface area contributed by atoms with Crippen LogP contribution in [0, 0.1) is 6.92 Å². The van der Waals surface area contributed by atoms with Gasteiger partial charge in [0.2, 0.25) is 0 Å². The highest BCUT2D eigenvalue weighted by atomic mass is 79.9. The van der Waals surface area contributed by atoms with E-state index in [1.807, 2.05) is 31.2 Å². The van der Waals surface area contributed by atoms with Gasteiger partial charge in [0.15, 0.2) is 5.69 Å². The van der Waals surface area contributed by atoms with Crippen molar-refractivity contribution in [3.63, 3.8) is 0 Å². The maximum Gasteiger partial charge on any atom is 0.276 e. The third-order valence-corrected chi connectivity index (χ3v) is 4.39. The van der Waals surface area contributed by atoms with Crippen LogP contribution >= 0.6 is 28.3 Å². The van der Waals surface area contributed by atoms with Crippen LogP contribution in [0.25, 0.3) is 5.69 Å². The van der Waals surface area contributed by atoms with E-state index in [-0.39, 0.29) is 24.4 Å².